The third-order valence-corrected chi connectivity index (χ3v) is 3.39. The van der Waals surface area contributed by atoms with Crippen LogP contribution in [0.1, 0.15) is 23.6 Å². The standard InChI is InChI=1S/C11H12N2OS2/c1-7-3-5-9(6-4-7)14-8(2)10-12-13-11(15)16-10/h3-6,8H,1-2H3,(H,13,15). The molecule has 16 heavy (non-hydrogen) atoms. The molecule has 0 radical (unpaired) electrons. The first kappa shape index (κ1) is 11.3. The minimum absolute atomic E-state index is 0.0827. The van der Waals surface area contributed by atoms with Crippen molar-refractivity contribution in [2.75, 3.05) is 0 Å². The molecule has 1 atom stereocenters. The topological polar surface area (TPSA) is 37.9 Å². The number of rotatable bonds is 3. The summed E-state index contributed by atoms with van der Waals surface area (Å²) in [7, 11) is 0. The minimum atomic E-state index is -0.0827. The number of H-pyrrole nitrogens is 1. The molecule has 1 heterocycles. The summed E-state index contributed by atoms with van der Waals surface area (Å²) in [5.41, 5.74) is 1.22. The number of ether oxygens (including phenoxy) is 1. The largest absolute Gasteiger partial charge is 0.483 e. The predicted octanol–water partition coefficient (Wildman–Crippen LogP) is 3.65. The van der Waals surface area contributed by atoms with Gasteiger partial charge in [0.1, 0.15) is 11.9 Å². The van der Waals surface area contributed by atoms with Crippen molar-refractivity contribution in [3.8, 4) is 5.75 Å². The molecule has 1 aromatic heterocycles. The lowest BCUT2D eigenvalue weighted by Gasteiger charge is -2.11. The smallest absolute Gasteiger partial charge is 0.176 e. The first-order valence-corrected chi connectivity index (χ1v) is 6.16. The lowest BCUT2D eigenvalue weighted by Crippen LogP contribution is -2.02. The van der Waals surface area contributed by atoms with Gasteiger partial charge in [-0.15, -0.1) is 0 Å². The molecule has 1 N–H and O–H groups in total. The molecule has 0 saturated heterocycles. The molecule has 0 saturated carbocycles. The maximum absolute atomic E-state index is 5.75. The van der Waals surface area contributed by atoms with Crippen molar-refractivity contribution in [1.82, 2.24) is 10.2 Å². The van der Waals surface area contributed by atoms with E-state index in [1.54, 1.807) is 0 Å². The summed E-state index contributed by atoms with van der Waals surface area (Å²) in [6.07, 6.45) is -0.0827. The van der Waals surface area contributed by atoms with Crippen molar-refractivity contribution in [2.24, 2.45) is 0 Å². The van der Waals surface area contributed by atoms with Gasteiger partial charge < -0.3 is 4.74 Å². The first-order valence-electron chi connectivity index (χ1n) is 4.94. The lowest BCUT2D eigenvalue weighted by atomic mass is 10.2. The Labute approximate surface area is 103 Å². The molecule has 1 aromatic carbocycles. The van der Waals surface area contributed by atoms with E-state index >= 15 is 0 Å². The number of aromatic nitrogens is 2. The second-order valence-corrected chi connectivity index (χ2v) is 5.22. The minimum Gasteiger partial charge on any atom is -0.483 e. The molecule has 0 fully saturated rings. The maximum atomic E-state index is 5.75. The second-order valence-electron chi connectivity index (χ2n) is 3.52. The predicted molar refractivity (Wildman–Crippen MR) is 67.5 cm³/mol. The van der Waals surface area contributed by atoms with Gasteiger partial charge in [-0.3, -0.25) is 5.10 Å². The SMILES string of the molecule is Cc1ccc(OC(C)c2n[nH]c(=S)s2)cc1. The number of hydrogen-bond donors (Lipinski definition) is 1. The molecular weight excluding hydrogens is 240 g/mol. The van der Waals surface area contributed by atoms with Crippen molar-refractivity contribution in [3.05, 3.63) is 38.8 Å². The van der Waals surface area contributed by atoms with Crippen LogP contribution in [0.25, 0.3) is 0 Å². The average Bonchev–Trinajstić information content (AvgIpc) is 2.68. The Morgan fingerprint density at radius 1 is 1.38 bits per heavy atom. The zero-order valence-electron chi connectivity index (χ0n) is 9.06. The van der Waals surface area contributed by atoms with E-state index in [0.29, 0.717) is 3.95 Å². The van der Waals surface area contributed by atoms with Gasteiger partial charge >= 0.3 is 0 Å². The van der Waals surface area contributed by atoms with Gasteiger partial charge in [0.25, 0.3) is 0 Å². The third-order valence-electron chi connectivity index (χ3n) is 2.14. The molecule has 5 heteroatoms. The Morgan fingerprint density at radius 3 is 2.62 bits per heavy atom. The van der Waals surface area contributed by atoms with Crippen molar-refractivity contribution in [3.63, 3.8) is 0 Å². The van der Waals surface area contributed by atoms with Crippen LogP contribution < -0.4 is 4.74 Å². The van der Waals surface area contributed by atoms with E-state index in [9.17, 15) is 0 Å². The van der Waals surface area contributed by atoms with Crippen LogP contribution in [0.4, 0.5) is 0 Å². The number of aromatic amines is 1. The summed E-state index contributed by atoms with van der Waals surface area (Å²) in [6.45, 7) is 4.01. The summed E-state index contributed by atoms with van der Waals surface area (Å²) >= 11 is 6.42. The zero-order valence-corrected chi connectivity index (χ0v) is 10.7. The number of nitrogens with one attached hydrogen (secondary N) is 1. The van der Waals surface area contributed by atoms with Crippen LogP contribution in [0.5, 0.6) is 5.75 Å². The quantitative estimate of drug-likeness (QED) is 0.847. The van der Waals surface area contributed by atoms with Gasteiger partial charge in [-0.2, -0.15) is 5.10 Å². The highest BCUT2D eigenvalue weighted by atomic mass is 32.1. The van der Waals surface area contributed by atoms with Gasteiger partial charge in [0.2, 0.25) is 0 Å². The highest BCUT2D eigenvalue weighted by Crippen LogP contribution is 2.23. The summed E-state index contributed by atoms with van der Waals surface area (Å²) in [5, 5.41) is 7.71. The Hall–Kier alpha value is -1.20. The normalized spacial score (nSPS) is 12.4. The molecule has 0 aliphatic heterocycles. The van der Waals surface area contributed by atoms with E-state index in [1.165, 1.54) is 16.9 Å². The van der Waals surface area contributed by atoms with Gasteiger partial charge in [0.05, 0.1) is 0 Å². The Balaban J connectivity index is 2.10. The van der Waals surface area contributed by atoms with Gasteiger partial charge in [0, 0.05) is 0 Å². The van der Waals surface area contributed by atoms with Crippen LogP contribution >= 0.6 is 23.6 Å². The molecule has 0 aliphatic rings. The number of hydrogen-bond acceptors (Lipinski definition) is 4. The summed E-state index contributed by atoms with van der Waals surface area (Å²) < 4.78 is 6.43. The highest BCUT2D eigenvalue weighted by Gasteiger charge is 2.10. The van der Waals surface area contributed by atoms with E-state index in [2.05, 4.69) is 10.2 Å². The van der Waals surface area contributed by atoms with Crippen molar-refractivity contribution in [2.45, 2.75) is 20.0 Å². The molecule has 84 valence electrons. The summed E-state index contributed by atoms with van der Waals surface area (Å²) in [4.78, 5) is 0. The van der Waals surface area contributed by atoms with Crippen LogP contribution in [-0.2, 0) is 0 Å². The fraction of sp³-hybridized carbons (Fsp3) is 0.273. The van der Waals surface area contributed by atoms with Crippen LogP contribution in [-0.4, -0.2) is 10.2 Å². The third kappa shape index (κ3) is 2.68. The Morgan fingerprint density at radius 2 is 2.06 bits per heavy atom. The fourth-order valence-corrected chi connectivity index (χ4v) is 2.17. The van der Waals surface area contributed by atoms with E-state index < -0.39 is 0 Å². The lowest BCUT2D eigenvalue weighted by molar-refractivity contribution is 0.225. The monoisotopic (exact) mass is 252 g/mol. The molecule has 2 rings (SSSR count). The first-order chi connectivity index (χ1) is 7.65. The van der Waals surface area contributed by atoms with E-state index in [0.717, 1.165) is 10.8 Å². The summed E-state index contributed by atoms with van der Waals surface area (Å²) in [6, 6.07) is 7.96. The second kappa shape index (κ2) is 4.76. The number of aryl methyl sites for hydroxylation is 1. The molecule has 0 bridgehead atoms. The van der Waals surface area contributed by atoms with Gasteiger partial charge in [0.15, 0.2) is 8.96 Å². The molecule has 0 spiro atoms. The summed E-state index contributed by atoms with van der Waals surface area (Å²) in [5.74, 6) is 0.846. The molecule has 2 aromatic rings. The molecule has 0 aliphatic carbocycles. The molecule has 0 amide bonds. The Bertz CT molecular complexity index is 515. The van der Waals surface area contributed by atoms with Crippen molar-refractivity contribution in [1.29, 1.82) is 0 Å². The zero-order chi connectivity index (χ0) is 11.5. The van der Waals surface area contributed by atoms with Crippen LogP contribution in [0.15, 0.2) is 24.3 Å². The average molecular weight is 252 g/mol. The maximum Gasteiger partial charge on any atom is 0.176 e. The van der Waals surface area contributed by atoms with Gasteiger partial charge in [-0.25, -0.2) is 0 Å². The van der Waals surface area contributed by atoms with Crippen LogP contribution in [0.3, 0.4) is 0 Å². The van der Waals surface area contributed by atoms with Crippen molar-refractivity contribution < 1.29 is 4.74 Å². The van der Waals surface area contributed by atoms with E-state index in [1.807, 2.05) is 38.1 Å². The molecular formula is C11H12N2OS2. The van der Waals surface area contributed by atoms with Crippen LogP contribution in [0, 0.1) is 10.9 Å². The molecule has 1 unspecified atom stereocenters. The van der Waals surface area contributed by atoms with Gasteiger partial charge in [-0.05, 0) is 38.2 Å². The van der Waals surface area contributed by atoms with E-state index in [4.69, 9.17) is 17.0 Å². The van der Waals surface area contributed by atoms with Crippen LogP contribution in [0.2, 0.25) is 0 Å². The Kier molecular flexibility index (Phi) is 3.36. The highest BCUT2D eigenvalue weighted by molar-refractivity contribution is 7.73. The number of nitrogens with zero attached hydrogens (tertiary/aromatic N) is 1. The fourth-order valence-electron chi connectivity index (χ4n) is 1.29. The number of benzene rings is 1. The van der Waals surface area contributed by atoms with Gasteiger partial charge in [-0.1, -0.05) is 29.0 Å². The van der Waals surface area contributed by atoms with Crippen molar-refractivity contribution >= 4 is 23.6 Å². The molecule has 3 nitrogen and oxygen atoms in total. The van der Waals surface area contributed by atoms with E-state index in [-0.39, 0.29) is 6.10 Å².